The van der Waals surface area contributed by atoms with Gasteiger partial charge in [0, 0.05) is 23.7 Å². The van der Waals surface area contributed by atoms with Crippen LogP contribution in [0.4, 0.5) is 8.78 Å². The zero-order chi connectivity index (χ0) is 13.5. The molecule has 0 spiro atoms. The first-order chi connectivity index (χ1) is 8.52. The second-order valence-corrected chi connectivity index (χ2v) is 4.23. The normalized spacial score (nSPS) is 12.2. The first kappa shape index (κ1) is 14.7. The summed E-state index contributed by atoms with van der Waals surface area (Å²) in [6, 6.07) is 6.52. The minimum Gasteiger partial charge on any atom is -0.434 e. The molecule has 0 saturated heterocycles. The lowest BCUT2D eigenvalue weighted by molar-refractivity contribution is -0.0504. The Hall–Kier alpha value is -1.38. The van der Waals surface area contributed by atoms with E-state index in [1.807, 2.05) is 0 Å². The summed E-state index contributed by atoms with van der Waals surface area (Å²) in [6.07, 6.45) is 0. The summed E-state index contributed by atoms with van der Waals surface area (Å²) in [5.74, 6) is -0.0600. The van der Waals surface area contributed by atoms with Crippen molar-refractivity contribution < 1.29 is 13.5 Å². The van der Waals surface area contributed by atoms with Crippen molar-refractivity contribution in [2.75, 3.05) is 6.54 Å². The van der Waals surface area contributed by atoms with Crippen LogP contribution >= 0.6 is 11.6 Å². The smallest absolute Gasteiger partial charge is 0.387 e. The van der Waals surface area contributed by atoms with Gasteiger partial charge in [-0.15, -0.1) is 0 Å². The summed E-state index contributed by atoms with van der Waals surface area (Å²) in [5, 5.41) is 12.0. The number of ether oxygens (including phenoxy) is 1. The Bertz CT molecular complexity index is 435. The summed E-state index contributed by atoms with van der Waals surface area (Å²) < 4.78 is 28.8. The quantitative estimate of drug-likeness (QED) is 0.866. The van der Waals surface area contributed by atoms with Crippen molar-refractivity contribution in [3.8, 4) is 11.8 Å². The first-order valence-corrected chi connectivity index (χ1v) is 5.74. The predicted molar refractivity (Wildman–Crippen MR) is 64.6 cm³/mol. The number of nitriles is 1. The number of hydrogen-bond donors (Lipinski definition) is 1. The van der Waals surface area contributed by atoms with E-state index in [4.69, 9.17) is 16.9 Å². The highest BCUT2D eigenvalue weighted by atomic mass is 35.5. The van der Waals surface area contributed by atoms with Crippen molar-refractivity contribution in [3.63, 3.8) is 0 Å². The third-order valence-electron chi connectivity index (χ3n) is 2.22. The largest absolute Gasteiger partial charge is 0.434 e. The van der Waals surface area contributed by atoms with E-state index in [-0.39, 0.29) is 11.7 Å². The number of rotatable bonds is 6. The molecule has 0 saturated carbocycles. The molecule has 0 radical (unpaired) electrons. The topological polar surface area (TPSA) is 45.0 Å². The van der Waals surface area contributed by atoms with E-state index in [0.29, 0.717) is 23.7 Å². The summed E-state index contributed by atoms with van der Waals surface area (Å²) in [6.45, 7) is -0.323. The number of hydrogen-bond acceptors (Lipinski definition) is 3. The van der Waals surface area contributed by atoms with Gasteiger partial charge in [-0.3, -0.25) is 0 Å². The fraction of sp³-hybridized carbons (Fsp3) is 0.417. The van der Waals surface area contributed by atoms with Gasteiger partial charge >= 0.3 is 6.61 Å². The zero-order valence-corrected chi connectivity index (χ0v) is 10.5. The van der Waals surface area contributed by atoms with Crippen LogP contribution in [0.3, 0.4) is 0 Å². The number of nitrogens with zero attached hydrogens (tertiary/aromatic N) is 1. The molecule has 18 heavy (non-hydrogen) atoms. The molecule has 0 fully saturated rings. The molecule has 6 heteroatoms. The maximum Gasteiger partial charge on any atom is 0.387 e. The zero-order valence-electron chi connectivity index (χ0n) is 9.79. The highest BCUT2D eigenvalue weighted by Crippen LogP contribution is 2.24. The Kier molecular flexibility index (Phi) is 5.83. The van der Waals surface area contributed by atoms with E-state index >= 15 is 0 Å². The van der Waals surface area contributed by atoms with Crippen molar-refractivity contribution in [1.29, 1.82) is 5.26 Å². The van der Waals surface area contributed by atoms with E-state index in [1.54, 1.807) is 13.0 Å². The molecule has 1 unspecified atom stereocenters. The first-order valence-electron chi connectivity index (χ1n) is 5.36. The summed E-state index contributed by atoms with van der Waals surface area (Å²) in [4.78, 5) is 0. The maximum atomic E-state index is 12.2. The molecule has 1 N–H and O–H groups in total. The van der Waals surface area contributed by atoms with E-state index in [2.05, 4.69) is 16.1 Å². The lowest BCUT2D eigenvalue weighted by atomic mass is 10.1. The Morgan fingerprint density at radius 3 is 2.83 bits per heavy atom. The average molecular weight is 275 g/mol. The van der Waals surface area contributed by atoms with E-state index in [0.717, 1.165) is 0 Å². The fourth-order valence-electron chi connectivity index (χ4n) is 1.37. The van der Waals surface area contributed by atoms with Gasteiger partial charge in [0.25, 0.3) is 0 Å². The van der Waals surface area contributed by atoms with Crippen molar-refractivity contribution in [2.24, 2.45) is 5.92 Å². The van der Waals surface area contributed by atoms with Crippen LogP contribution in [0.25, 0.3) is 0 Å². The lowest BCUT2D eigenvalue weighted by Gasteiger charge is -2.12. The molecule has 1 aromatic rings. The molecule has 98 valence electrons. The van der Waals surface area contributed by atoms with Crippen LogP contribution in [-0.4, -0.2) is 13.2 Å². The van der Waals surface area contributed by atoms with Crippen LogP contribution in [0.1, 0.15) is 12.5 Å². The molecule has 0 aliphatic rings. The van der Waals surface area contributed by atoms with Gasteiger partial charge in [0.15, 0.2) is 0 Å². The van der Waals surface area contributed by atoms with E-state index in [1.165, 1.54) is 12.1 Å². The summed E-state index contributed by atoms with van der Waals surface area (Å²) in [7, 11) is 0. The van der Waals surface area contributed by atoms with Gasteiger partial charge in [0.2, 0.25) is 0 Å². The van der Waals surface area contributed by atoms with Crippen molar-refractivity contribution in [2.45, 2.75) is 20.1 Å². The second-order valence-electron chi connectivity index (χ2n) is 3.79. The minimum atomic E-state index is -2.87. The predicted octanol–water partition coefficient (Wildman–Crippen LogP) is 3.19. The maximum absolute atomic E-state index is 12.2. The number of nitrogens with one attached hydrogen (secondary N) is 1. The highest BCUT2D eigenvalue weighted by molar-refractivity contribution is 6.30. The van der Waals surface area contributed by atoms with Gasteiger partial charge in [-0.05, 0) is 25.1 Å². The van der Waals surface area contributed by atoms with Crippen molar-refractivity contribution >= 4 is 11.6 Å². The van der Waals surface area contributed by atoms with Crippen LogP contribution in [0.2, 0.25) is 5.02 Å². The second kappa shape index (κ2) is 7.14. The van der Waals surface area contributed by atoms with Gasteiger partial charge < -0.3 is 10.1 Å². The number of halogens is 3. The Labute approximate surface area is 109 Å². The van der Waals surface area contributed by atoms with Crippen molar-refractivity contribution in [1.82, 2.24) is 5.32 Å². The standard InChI is InChI=1S/C12H13ClF2N2O/c1-8(5-16)6-17-7-9-4-10(13)2-3-11(9)18-12(14)15/h2-4,8,12,17H,6-7H2,1H3. The van der Waals surface area contributed by atoms with Gasteiger partial charge in [-0.2, -0.15) is 14.0 Å². The van der Waals surface area contributed by atoms with Crippen LogP contribution < -0.4 is 10.1 Å². The van der Waals surface area contributed by atoms with Crippen LogP contribution in [-0.2, 0) is 6.54 Å². The molecule has 0 aliphatic carbocycles. The van der Waals surface area contributed by atoms with Crippen molar-refractivity contribution in [3.05, 3.63) is 28.8 Å². The Morgan fingerprint density at radius 2 is 2.22 bits per heavy atom. The number of alkyl halides is 2. The third-order valence-corrected chi connectivity index (χ3v) is 2.46. The molecule has 1 atom stereocenters. The number of benzene rings is 1. The minimum absolute atomic E-state index is 0.0894. The molecule has 0 heterocycles. The fourth-order valence-corrected chi connectivity index (χ4v) is 1.56. The molecule has 0 aliphatic heterocycles. The third kappa shape index (κ3) is 4.86. The Morgan fingerprint density at radius 1 is 1.50 bits per heavy atom. The molecule has 1 aromatic carbocycles. The van der Waals surface area contributed by atoms with Gasteiger partial charge in [0.1, 0.15) is 5.75 Å². The molecule has 0 amide bonds. The molecule has 1 rings (SSSR count). The van der Waals surface area contributed by atoms with E-state index < -0.39 is 6.61 Å². The van der Waals surface area contributed by atoms with E-state index in [9.17, 15) is 8.78 Å². The van der Waals surface area contributed by atoms with Crippen LogP contribution in [0.15, 0.2) is 18.2 Å². The lowest BCUT2D eigenvalue weighted by Crippen LogP contribution is -2.20. The van der Waals surface area contributed by atoms with Gasteiger partial charge in [0.05, 0.1) is 12.0 Å². The molecule has 0 bridgehead atoms. The SMILES string of the molecule is CC(C#N)CNCc1cc(Cl)ccc1OC(F)F. The average Bonchev–Trinajstić information content (AvgIpc) is 2.31. The van der Waals surface area contributed by atoms with Gasteiger partial charge in [-0.1, -0.05) is 11.6 Å². The summed E-state index contributed by atoms with van der Waals surface area (Å²) in [5.41, 5.74) is 0.535. The monoisotopic (exact) mass is 274 g/mol. The molecule has 3 nitrogen and oxygen atoms in total. The highest BCUT2D eigenvalue weighted by Gasteiger charge is 2.10. The van der Waals surface area contributed by atoms with Crippen LogP contribution in [0.5, 0.6) is 5.75 Å². The molecular weight excluding hydrogens is 262 g/mol. The summed E-state index contributed by atoms with van der Waals surface area (Å²) >= 11 is 5.80. The molecule has 0 aromatic heterocycles. The molecular formula is C12H13ClF2N2O. The Balaban J connectivity index is 2.67. The van der Waals surface area contributed by atoms with Crippen LogP contribution in [0, 0.1) is 17.2 Å². The van der Waals surface area contributed by atoms with Gasteiger partial charge in [-0.25, -0.2) is 0 Å².